The predicted molar refractivity (Wildman–Crippen MR) is 74.7 cm³/mol. The lowest BCUT2D eigenvalue weighted by atomic mass is 9.68. The van der Waals surface area contributed by atoms with Gasteiger partial charge in [0.1, 0.15) is 0 Å². The van der Waals surface area contributed by atoms with E-state index in [2.05, 4.69) is 0 Å². The first-order valence-electron chi connectivity index (χ1n) is 6.29. The molecule has 1 aromatic carbocycles. The van der Waals surface area contributed by atoms with E-state index in [9.17, 15) is 19.8 Å². The Labute approximate surface area is 121 Å². The first kappa shape index (κ1) is 14.7. The molecule has 0 aliphatic heterocycles. The lowest BCUT2D eigenvalue weighted by Gasteiger charge is -2.34. The minimum absolute atomic E-state index is 0.0280. The summed E-state index contributed by atoms with van der Waals surface area (Å²) in [6, 6.07) is 4.82. The third kappa shape index (κ3) is 2.33. The summed E-state index contributed by atoms with van der Waals surface area (Å²) in [6.07, 6.45) is 1.63. The summed E-state index contributed by atoms with van der Waals surface area (Å²) >= 11 is 5.87. The van der Waals surface area contributed by atoms with Crippen molar-refractivity contribution in [1.82, 2.24) is 0 Å². The van der Waals surface area contributed by atoms with E-state index in [0.717, 1.165) is 12.8 Å². The third-order valence-corrected chi connectivity index (χ3v) is 4.48. The Balaban J connectivity index is 2.56. The molecular weight excluding hydrogens is 282 g/mol. The van der Waals surface area contributed by atoms with Crippen molar-refractivity contribution in [2.24, 2.45) is 11.8 Å². The summed E-state index contributed by atoms with van der Waals surface area (Å²) in [5.41, 5.74) is 5.71. The van der Waals surface area contributed by atoms with E-state index in [0.29, 0.717) is 16.3 Å². The molecule has 1 aliphatic carbocycles. The van der Waals surface area contributed by atoms with Gasteiger partial charge in [-0.15, -0.1) is 0 Å². The van der Waals surface area contributed by atoms with Gasteiger partial charge in [0.15, 0.2) is 5.92 Å². The monoisotopic (exact) mass is 297 g/mol. The molecule has 0 radical (unpaired) electrons. The maximum Gasteiger partial charge on any atom is 0.318 e. The number of carbonyl (C=O) groups is 2. The number of anilines is 1. The third-order valence-electron chi connectivity index (χ3n) is 4.14. The van der Waals surface area contributed by atoms with Crippen molar-refractivity contribution >= 4 is 29.2 Å². The van der Waals surface area contributed by atoms with Crippen LogP contribution in [-0.2, 0) is 15.0 Å². The molecule has 6 heteroatoms. The van der Waals surface area contributed by atoms with E-state index in [1.165, 1.54) is 0 Å². The zero-order valence-electron chi connectivity index (χ0n) is 11.0. The van der Waals surface area contributed by atoms with Gasteiger partial charge >= 0.3 is 11.9 Å². The molecule has 0 bridgehead atoms. The smallest absolute Gasteiger partial charge is 0.318 e. The summed E-state index contributed by atoms with van der Waals surface area (Å²) in [6.45, 7) is 1.68. The molecule has 1 aliphatic rings. The summed E-state index contributed by atoms with van der Waals surface area (Å²) in [7, 11) is 0. The van der Waals surface area contributed by atoms with E-state index in [1.54, 1.807) is 25.1 Å². The molecule has 108 valence electrons. The lowest BCUT2D eigenvalue weighted by Crippen LogP contribution is -2.44. The van der Waals surface area contributed by atoms with Crippen LogP contribution in [0.25, 0.3) is 0 Å². The fourth-order valence-electron chi connectivity index (χ4n) is 2.82. The van der Waals surface area contributed by atoms with Crippen molar-refractivity contribution in [3.63, 3.8) is 0 Å². The van der Waals surface area contributed by atoms with E-state index in [4.69, 9.17) is 17.3 Å². The van der Waals surface area contributed by atoms with Crippen molar-refractivity contribution in [3.05, 3.63) is 28.8 Å². The van der Waals surface area contributed by atoms with Gasteiger partial charge < -0.3 is 15.9 Å². The van der Waals surface area contributed by atoms with Crippen molar-refractivity contribution in [2.75, 3.05) is 5.73 Å². The number of nitrogens with two attached hydrogens (primary N) is 1. The van der Waals surface area contributed by atoms with Crippen LogP contribution in [0.3, 0.4) is 0 Å². The Morgan fingerprint density at radius 3 is 2.30 bits per heavy atom. The molecule has 0 heterocycles. The molecule has 0 saturated heterocycles. The van der Waals surface area contributed by atoms with Crippen LogP contribution in [0.4, 0.5) is 5.69 Å². The number of hydrogen-bond acceptors (Lipinski definition) is 3. The van der Waals surface area contributed by atoms with E-state index in [1.807, 2.05) is 0 Å². The number of carboxylic acids is 2. The molecule has 0 spiro atoms. The Hall–Kier alpha value is -1.75. The quantitative estimate of drug-likeness (QED) is 0.572. The van der Waals surface area contributed by atoms with Crippen LogP contribution in [-0.4, -0.2) is 22.2 Å². The highest BCUT2D eigenvalue weighted by molar-refractivity contribution is 6.33. The number of rotatable bonds is 5. The summed E-state index contributed by atoms with van der Waals surface area (Å²) in [5.74, 6) is -4.14. The minimum atomic E-state index is -1.50. The van der Waals surface area contributed by atoms with Gasteiger partial charge in [0.2, 0.25) is 0 Å². The van der Waals surface area contributed by atoms with Crippen LogP contribution < -0.4 is 5.73 Å². The van der Waals surface area contributed by atoms with Crippen molar-refractivity contribution in [2.45, 2.75) is 25.2 Å². The van der Waals surface area contributed by atoms with Crippen LogP contribution >= 0.6 is 11.6 Å². The number of carboxylic acid groups (broad SMARTS) is 2. The Morgan fingerprint density at radius 1 is 1.35 bits per heavy atom. The Kier molecular flexibility index (Phi) is 3.65. The molecule has 2 rings (SSSR count). The summed E-state index contributed by atoms with van der Waals surface area (Å²) in [5, 5.41) is 19.0. The normalized spacial score (nSPS) is 17.8. The lowest BCUT2D eigenvalue weighted by molar-refractivity contribution is -0.158. The Morgan fingerprint density at radius 2 is 1.90 bits per heavy atom. The van der Waals surface area contributed by atoms with Crippen LogP contribution in [0.1, 0.15) is 25.3 Å². The van der Waals surface area contributed by atoms with Gasteiger partial charge in [-0.2, -0.15) is 0 Å². The van der Waals surface area contributed by atoms with Crippen LogP contribution in [0.15, 0.2) is 18.2 Å². The average molecular weight is 298 g/mol. The van der Waals surface area contributed by atoms with Gasteiger partial charge in [-0.3, -0.25) is 9.59 Å². The Bertz CT molecular complexity index is 556. The molecule has 1 fully saturated rings. The van der Waals surface area contributed by atoms with Gasteiger partial charge in [-0.05, 0) is 36.5 Å². The standard InChI is InChI=1S/C14H16ClNO4/c1-14(7-2-3-7,11(12(17)18)13(19)20)8-4-5-9(15)10(16)6-8/h4-7,11H,2-3,16H2,1H3,(H,17,18)(H,19,20). The van der Waals surface area contributed by atoms with Crippen LogP contribution in [0.5, 0.6) is 0 Å². The van der Waals surface area contributed by atoms with Crippen molar-refractivity contribution < 1.29 is 19.8 Å². The van der Waals surface area contributed by atoms with Crippen LogP contribution in [0, 0.1) is 11.8 Å². The van der Waals surface area contributed by atoms with Gasteiger partial charge in [0, 0.05) is 5.41 Å². The summed E-state index contributed by atoms with van der Waals surface area (Å²) < 4.78 is 0. The topological polar surface area (TPSA) is 101 Å². The molecule has 20 heavy (non-hydrogen) atoms. The van der Waals surface area contributed by atoms with Crippen LogP contribution in [0.2, 0.25) is 5.02 Å². The predicted octanol–water partition coefficient (Wildman–Crippen LogP) is 2.38. The zero-order valence-corrected chi connectivity index (χ0v) is 11.7. The second kappa shape index (κ2) is 4.98. The largest absolute Gasteiger partial charge is 0.481 e. The molecule has 1 aromatic rings. The van der Waals surface area contributed by atoms with E-state index < -0.39 is 23.3 Å². The van der Waals surface area contributed by atoms with Crippen molar-refractivity contribution in [3.8, 4) is 0 Å². The number of aliphatic carboxylic acids is 2. The van der Waals surface area contributed by atoms with Gasteiger partial charge in [-0.1, -0.05) is 24.6 Å². The fraction of sp³-hybridized carbons (Fsp3) is 0.429. The molecule has 0 aromatic heterocycles. The number of benzene rings is 1. The van der Waals surface area contributed by atoms with Gasteiger partial charge in [-0.25, -0.2) is 0 Å². The molecule has 0 amide bonds. The highest BCUT2D eigenvalue weighted by atomic mass is 35.5. The first-order valence-corrected chi connectivity index (χ1v) is 6.67. The SMILES string of the molecule is CC(c1ccc(Cl)c(N)c1)(C1CC1)C(C(=O)O)C(=O)O. The minimum Gasteiger partial charge on any atom is -0.481 e. The molecule has 1 unspecified atom stereocenters. The fourth-order valence-corrected chi connectivity index (χ4v) is 2.94. The zero-order chi connectivity index (χ0) is 15.1. The average Bonchev–Trinajstić information content (AvgIpc) is 3.15. The highest BCUT2D eigenvalue weighted by Gasteiger charge is 2.54. The second-order valence-electron chi connectivity index (χ2n) is 5.40. The van der Waals surface area contributed by atoms with Gasteiger partial charge in [0.25, 0.3) is 0 Å². The number of halogens is 1. The molecular formula is C14H16ClNO4. The van der Waals surface area contributed by atoms with E-state index in [-0.39, 0.29) is 5.92 Å². The maximum absolute atomic E-state index is 11.4. The number of nitrogen functional groups attached to an aromatic ring is 1. The maximum atomic E-state index is 11.4. The number of hydrogen-bond donors (Lipinski definition) is 3. The van der Waals surface area contributed by atoms with E-state index >= 15 is 0 Å². The highest BCUT2D eigenvalue weighted by Crippen LogP contribution is 2.52. The van der Waals surface area contributed by atoms with Gasteiger partial charge in [0.05, 0.1) is 10.7 Å². The molecule has 4 N–H and O–H groups in total. The first-order chi connectivity index (χ1) is 9.28. The molecule has 1 atom stereocenters. The molecule has 5 nitrogen and oxygen atoms in total. The second-order valence-corrected chi connectivity index (χ2v) is 5.81. The summed E-state index contributed by atoms with van der Waals surface area (Å²) in [4.78, 5) is 22.8. The molecule has 1 saturated carbocycles. The van der Waals surface area contributed by atoms with Crippen molar-refractivity contribution in [1.29, 1.82) is 0 Å².